The van der Waals surface area contributed by atoms with E-state index >= 15 is 0 Å². The molecule has 0 bridgehead atoms. The summed E-state index contributed by atoms with van der Waals surface area (Å²) < 4.78 is 1.84. The first kappa shape index (κ1) is 12.4. The molecule has 2 aromatic rings. The van der Waals surface area contributed by atoms with Gasteiger partial charge in [0.15, 0.2) is 0 Å². The lowest BCUT2D eigenvalue weighted by Gasteiger charge is -2.15. The average Bonchev–Trinajstić information content (AvgIpc) is 2.98. The van der Waals surface area contributed by atoms with Crippen molar-refractivity contribution in [2.75, 3.05) is 0 Å². The van der Waals surface area contributed by atoms with Gasteiger partial charge < -0.3 is 4.57 Å². The number of aromatic nitrogens is 1. The van der Waals surface area contributed by atoms with Gasteiger partial charge in [0.25, 0.3) is 11.8 Å². The highest BCUT2D eigenvalue weighted by Crippen LogP contribution is 2.24. The Hall–Kier alpha value is -2.62. The molecule has 2 heterocycles. The van der Waals surface area contributed by atoms with Crippen LogP contribution in [-0.2, 0) is 23.2 Å². The number of hydrogen-bond donors (Lipinski definition) is 0. The Balaban J connectivity index is 1.86. The van der Waals surface area contributed by atoms with E-state index in [1.165, 1.54) is 11.0 Å². The van der Waals surface area contributed by atoms with E-state index in [-0.39, 0.29) is 11.8 Å². The van der Waals surface area contributed by atoms with Gasteiger partial charge >= 0.3 is 0 Å². The summed E-state index contributed by atoms with van der Waals surface area (Å²) in [5.41, 5.74) is 2.16. The first-order valence-electron chi connectivity index (χ1n) is 6.40. The maximum Gasteiger partial charge on any atom is 0.263 e. The van der Waals surface area contributed by atoms with Gasteiger partial charge in [0.2, 0.25) is 0 Å². The fraction of sp³-hybridized carbons (Fsp3) is 0.125. The number of rotatable bonds is 3. The molecule has 1 aliphatic heterocycles. The minimum Gasteiger partial charge on any atom is -0.350 e. The molecule has 1 aromatic carbocycles. The molecule has 4 heteroatoms. The largest absolute Gasteiger partial charge is 0.350 e. The molecule has 20 heavy (non-hydrogen) atoms. The Labute approximate surface area is 116 Å². The van der Waals surface area contributed by atoms with Gasteiger partial charge in [-0.05, 0) is 17.7 Å². The fourth-order valence-electron chi connectivity index (χ4n) is 2.35. The molecular formula is C16H14N2O2. The first-order chi connectivity index (χ1) is 9.66. The second kappa shape index (κ2) is 4.81. The number of aryl methyl sites for hydroxylation is 1. The van der Waals surface area contributed by atoms with Crippen LogP contribution < -0.4 is 0 Å². The van der Waals surface area contributed by atoms with Crippen molar-refractivity contribution in [2.24, 2.45) is 7.05 Å². The monoisotopic (exact) mass is 266 g/mol. The van der Waals surface area contributed by atoms with Crippen molar-refractivity contribution >= 4 is 17.4 Å². The number of nitrogens with zero attached hydrogens (tertiary/aromatic N) is 2. The van der Waals surface area contributed by atoms with Crippen LogP contribution >= 0.6 is 0 Å². The second-order valence-corrected chi connectivity index (χ2v) is 4.78. The molecular weight excluding hydrogens is 252 g/mol. The van der Waals surface area contributed by atoms with Gasteiger partial charge in [-0.1, -0.05) is 30.3 Å². The molecule has 0 spiro atoms. The third-order valence-corrected chi connectivity index (χ3v) is 3.41. The topological polar surface area (TPSA) is 42.3 Å². The summed E-state index contributed by atoms with van der Waals surface area (Å²) in [7, 11) is 1.85. The van der Waals surface area contributed by atoms with Gasteiger partial charge in [0.05, 0.1) is 17.8 Å². The van der Waals surface area contributed by atoms with E-state index in [0.717, 1.165) is 11.3 Å². The lowest BCUT2D eigenvalue weighted by Crippen LogP contribution is -2.30. The van der Waals surface area contributed by atoms with E-state index in [2.05, 4.69) is 0 Å². The number of carbonyl (C=O) groups is 2. The molecule has 0 radical (unpaired) electrons. The van der Waals surface area contributed by atoms with E-state index in [0.29, 0.717) is 12.1 Å². The maximum atomic E-state index is 12.4. The zero-order chi connectivity index (χ0) is 14.1. The molecule has 0 fully saturated rings. The minimum absolute atomic E-state index is 0.236. The Bertz CT molecular complexity index is 698. The summed E-state index contributed by atoms with van der Waals surface area (Å²) in [4.78, 5) is 25.7. The van der Waals surface area contributed by atoms with Gasteiger partial charge in [0.1, 0.15) is 0 Å². The molecule has 3 rings (SSSR count). The lowest BCUT2D eigenvalue weighted by atomic mass is 10.2. The van der Waals surface area contributed by atoms with Crippen molar-refractivity contribution < 1.29 is 9.59 Å². The van der Waals surface area contributed by atoms with Crippen molar-refractivity contribution in [3.63, 3.8) is 0 Å². The van der Waals surface area contributed by atoms with E-state index in [4.69, 9.17) is 0 Å². The van der Waals surface area contributed by atoms with Crippen LogP contribution in [-0.4, -0.2) is 21.3 Å². The molecule has 0 aliphatic carbocycles. The Kier molecular flexibility index (Phi) is 2.99. The SMILES string of the molecule is Cn1cccc1C1=CC(=O)N(Cc2ccccc2)C1=O. The smallest absolute Gasteiger partial charge is 0.263 e. The van der Waals surface area contributed by atoms with E-state index < -0.39 is 0 Å². The highest BCUT2D eigenvalue weighted by atomic mass is 16.2. The van der Waals surface area contributed by atoms with Crippen LogP contribution in [0, 0.1) is 0 Å². The number of benzene rings is 1. The fourth-order valence-corrected chi connectivity index (χ4v) is 2.35. The molecule has 0 saturated carbocycles. The van der Waals surface area contributed by atoms with Gasteiger partial charge in [-0.15, -0.1) is 0 Å². The van der Waals surface area contributed by atoms with Gasteiger partial charge in [-0.2, -0.15) is 0 Å². The molecule has 4 nitrogen and oxygen atoms in total. The molecule has 2 amide bonds. The van der Waals surface area contributed by atoms with Crippen molar-refractivity contribution in [2.45, 2.75) is 6.54 Å². The predicted molar refractivity (Wildman–Crippen MR) is 75.4 cm³/mol. The molecule has 0 atom stereocenters. The summed E-state index contributed by atoms with van der Waals surface area (Å²) >= 11 is 0. The normalized spacial score (nSPS) is 14.8. The van der Waals surface area contributed by atoms with Crippen LogP contribution in [0.5, 0.6) is 0 Å². The zero-order valence-electron chi connectivity index (χ0n) is 11.1. The van der Waals surface area contributed by atoms with Crippen LogP contribution in [0.1, 0.15) is 11.3 Å². The Morgan fingerprint density at radius 1 is 1.00 bits per heavy atom. The van der Waals surface area contributed by atoms with Crippen molar-refractivity contribution in [3.05, 3.63) is 66.0 Å². The summed E-state index contributed by atoms with van der Waals surface area (Å²) in [6.07, 6.45) is 3.27. The number of amides is 2. The second-order valence-electron chi connectivity index (χ2n) is 4.78. The highest BCUT2D eigenvalue weighted by molar-refractivity contribution is 6.33. The third-order valence-electron chi connectivity index (χ3n) is 3.41. The molecule has 0 unspecified atom stereocenters. The molecule has 100 valence electrons. The summed E-state index contributed by atoms with van der Waals surface area (Å²) in [6, 6.07) is 13.2. The summed E-state index contributed by atoms with van der Waals surface area (Å²) in [6.45, 7) is 0.308. The lowest BCUT2D eigenvalue weighted by molar-refractivity contribution is -0.137. The van der Waals surface area contributed by atoms with Crippen LogP contribution in [0.25, 0.3) is 5.57 Å². The van der Waals surface area contributed by atoms with Crippen molar-refractivity contribution in [1.29, 1.82) is 0 Å². The average molecular weight is 266 g/mol. The minimum atomic E-state index is -0.255. The summed E-state index contributed by atoms with van der Waals surface area (Å²) in [5, 5.41) is 0. The third kappa shape index (κ3) is 2.05. The van der Waals surface area contributed by atoms with Gasteiger partial charge in [0, 0.05) is 19.3 Å². The van der Waals surface area contributed by atoms with Crippen LogP contribution in [0.15, 0.2) is 54.7 Å². The van der Waals surface area contributed by atoms with E-state index in [1.807, 2.05) is 60.3 Å². The molecule has 1 aliphatic rings. The number of hydrogen-bond acceptors (Lipinski definition) is 2. The van der Waals surface area contributed by atoms with Gasteiger partial charge in [-0.25, -0.2) is 0 Å². The molecule has 0 N–H and O–H groups in total. The van der Waals surface area contributed by atoms with Crippen molar-refractivity contribution in [3.8, 4) is 0 Å². The molecule has 0 saturated heterocycles. The molecule has 1 aromatic heterocycles. The first-order valence-corrected chi connectivity index (χ1v) is 6.40. The number of imide groups is 1. The van der Waals surface area contributed by atoms with Crippen molar-refractivity contribution in [1.82, 2.24) is 9.47 Å². The highest BCUT2D eigenvalue weighted by Gasteiger charge is 2.32. The van der Waals surface area contributed by atoms with Crippen LogP contribution in [0.3, 0.4) is 0 Å². The number of carbonyl (C=O) groups excluding carboxylic acids is 2. The van der Waals surface area contributed by atoms with E-state index in [1.54, 1.807) is 0 Å². The Morgan fingerprint density at radius 3 is 2.40 bits per heavy atom. The van der Waals surface area contributed by atoms with E-state index in [9.17, 15) is 9.59 Å². The predicted octanol–water partition coefficient (Wildman–Crippen LogP) is 1.98. The van der Waals surface area contributed by atoms with Crippen LogP contribution in [0.2, 0.25) is 0 Å². The zero-order valence-corrected chi connectivity index (χ0v) is 11.1. The maximum absolute atomic E-state index is 12.4. The Morgan fingerprint density at radius 2 is 1.75 bits per heavy atom. The quantitative estimate of drug-likeness (QED) is 0.797. The summed E-state index contributed by atoms with van der Waals surface area (Å²) in [5.74, 6) is -0.490. The van der Waals surface area contributed by atoms with Crippen LogP contribution in [0.4, 0.5) is 0 Å². The standard InChI is InChI=1S/C16H14N2O2/c1-17-9-5-8-14(17)13-10-15(19)18(16(13)20)11-12-6-3-2-4-7-12/h2-10H,11H2,1H3. The van der Waals surface area contributed by atoms with Gasteiger partial charge in [-0.3, -0.25) is 14.5 Å².